The number of carbonyl (C=O) groups is 1. The lowest BCUT2D eigenvalue weighted by atomic mass is 10.4. The van der Waals surface area contributed by atoms with Gasteiger partial charge < -0.3 is 10.6 Å². The van der Waals surface area contributed by atoms with Gasteiger partial charge >= 0.3 is 0 Å². The predicted octanol–water partition coefficient (Wildman–Crippen LogP) is 1.08. The van der Waals surface area contributed by atoms with Crippen molar-refractivity contribution in [3.8, 4) is 0 Å². The Balaban J connectivity index is 2.79. The van der Waals surface area contributed by atoms with E-state index < -0.39 is 0 Å². The largest absolute Gasteiger partial charge is 0.373 e. The van der Waals surface area contributed by atoms with Crippen LogP contribution in [0.15, 0.2) is 18.3 Å². The number of hydrogen-bond donors (Lipinski definition) is 2. The Labute approximate surface area is 71.0 Å². The summed E-state index contributed by atoms with van der Waals surface area (Å²) < 4.78 is 0. The van der Waals surface area contributed by atoms with E-state index in [4.69, 9.17) is 0 Å². The number of nitrogens with one attached hydrogen (secondary N) is 2. The maximum atomic E-state index is 10.7. The van der Waals surface area contributed by atoms with Crippen molar-refractivity contribution >= 4 is 17.4 Å². The van der Waals surface area contributed by atoms with Crippen LogP contribution in [0.1, 0.15) is 6.92 Å². The maximum absolute atomic E-state index is 10.7. The summed E-state index contributed by atoms with van der Waals surface area (Å²) in [7, 11) is 1.78. The van der Waals surface area contributed by atoms with Crippen LogP contribution in [0.3, 0.4) is 0 Å². The van der Waals surface area contributed by atoms with E-state index in [0.29, 0.717) is 0 Å². The smallest absolute Gasteiger partial charge is 0.221 e. The van der Waals surface area contributed by atoms with E-state index >= 15 is 0 Å². The molecular weight excluding hydrogens is 154 g/mol. The van der Waals surface area contributed by atoms with Crippen molar-refractivity contribution in [2.45, 2.75) is 6.92 Å². The molecule has 12 heavy (non-hydrogen) atoms. The molecule has 1 heterocycles. The lowest BCUT2D eigenvalue weighted by Crippen LogP contribution is -2.06. The molecule has 0 saturated carbocycles. The fourth-order valence-corrected chi connectivity index (χ4v) is 0.848. The summed E-state index contributed by atoms with van der Waals surface area (Å²) in [6.45, 7) is 1.47. The van der Waals surface area contributed by atoms with Gasteiger partial charge in [0.15, 0.2) is 0 Å². The molecule has 0 aromatic carbocycles. The second-order valence-corrected chi connectivity index (χ2v) is 2.36. The Morgan fingerprint density at radius 3 is 2.92 bits per heavy atom. The SMILES string of the molecule is CNc1cc(NC(C)=O)ccn1. The van der Waals surface area contributed by atoms with Gasteiger partial charge in [-0.3, -0.25) is 4.79 Å². The maximum Gasteiger partial charge on any atom is 0.221 e. The molecule has 1 aromatic rings. The zero-order valence-corrected chi connectivity index (χ0v) is 7.09. The predicted molar refractivity (Wildman–Crippen MR) is 48.1 cm³/mol. The van der Waals surface area contributed by atoms with Crippen molar-refractivity contribution in [3.63, 3.8) is 0 Å². The molecule has 0 atom stereocenters. The van der Waals surface area contributed by atoms with Gasteiger partial charge in [0.25, 0.3) is 0 Å². The van der Waals surface area contributed by atoms with E-state index in [1.807, 2.05) is 0 Å². The molecule has 1 amide bonds. The first-order valence-corrected chi connectivity index (χ1v) is 3.64. The minimum atomic E-state index is -0.0803. The summed E-state index contributed by atoms with van der Waals surface area (Å²) in [5.74, 6) is 0.657. The molecule has 0 spiro atoms. The zero-order valence-electron chi connectivity index (χ0n) is 7.09. The van der Waals surface area contributed by atoms with E-state index in [1.54, 1.807) is 25.4 Å². The van der Waals surface area contributed by atoms with Gasteiger partial charge in [-0.05, 0) is 6.07 Å². The first-order valence-electron chi connectivity index (χ1n) is 3.64. The molecule has 0 fully saturated rings. The summed E-state index contributed by atoms with van der Waals surface area (Å²) in [5.41, 5.74) is 0.752. The van der Waals surface area contributed by atoms with Crippen LogP contribution in [0.4, 0.5) is 11.5 Å². The van der Waals surface area contributed by atoms with Gasteiger partial charge in [0.2, 0.25) is 5.91 Å². The fraction of sp³-hybridized carbons (Fsp3) is 0.250. The molecule has 0 aliphatic heterocycles. The molecule has 1 rings (SSSR count). The van der Waals surface area contributed by atoms with Crippen molar-refractivity contribution in [2.75, 3.05) is 17.7 Å². The summed E-state index contributed by atoms with van der Waals surface area (Å²) >= 11 is 0. The Morgan fingerprint density at radius 1 is 1.58 bits per heavy atom. The lowest BCUT2D eigenvalue weighted by Gasteiger charge is -2.03. The van der Waals surface area contributed by atoms with Gasteiger partial charge in [0, 0.05) is 31.9 Å². The number of pyridine rings is 1. The Hall–Kier alpha value is -1.58. The lowest BCUT2D eigenvalue weighted by molar-refractivity contribution is -0.114. The molecule has 4 nitrogen and oxygen atoms in total. The van der Waals surface area contributed by atoms with Gasteiger partial charge in [-0.1, -0.05) is 0 Å². The first-order chi connectivity index (χ1) is 5.72. The fourth-order valence-electron chi connectivity index (χ4n) is 0.848. The van der Waals surface area contributed by atoms with Crippen molar-refractivity contribution < 1.29 is 4.79 Å². The van der Waals surface area contributed by atoms with Crippen molar-refractivity contribution in [1.29, 1.82) is 0 Å². The Bertz CT molecular complexity index is 285. The molecule has 2 N–H and O–H groups in total. The topological polar surface area (TPSA) is 54.0 Å². The Morgan fingerprint density at radius 2 is 2.33 bits per heavy atom. The molecule has 0 bridgehead atoms. The van der Waals surface area contributed by atoms with Crippen LogP contribution in [-0.2, 0) is 4.79 Å². The van der Waals surface area contributed by atoms with Crippen LogP contribution in [0.25, 0.3) is 0 Å². The highest BCUT2D eigenvalue weighted by atomic mass is 16.1. The summed E-state index contributed by atoms with van der Waals surface area (Å²) in [4.78, 5) is 14.7. The van der Waals surface area contributed by atoms with Gasteiger partial charge in [0.1, 0.15) is 5.82 Å². The highest BCUT2D eigenvalue weighted by molar-refractivity contribution is 5.88. The number of amides is 1. The second-order valence-electron chi connectivity index (χ2n) is 2.36. The quantitative estimate of drug-likeness (QED) is 0.689. The van der Waals surface area contributed by atoms with Gasteiger partial charge in [-0.25, -0.2) is 4.98 Å². The standard InChI is InChI=1S/C8H11N3O/c1-6(12)11-7-3-4-10-8(5-7)9-2/h3-5H,1-2H3,(H2,9,10,11,12). The average molecular weight is 165 g/mol. The third kappa shape index (κ3) is 2.23. The highest BCUT2D eigenvalue weighted by Gasteiger charge is 1.95. The normalized spacial score (nSPS) is 9.17. The van der Waals surface area contributed by atoms with Gasteiger partial charge in [0.05, 0.1) is 0 Å². The van der Waals surface area contributed by atoms with E-state index in [-0.39, 0.29) is 5.91 Å². The van der Waals surface area contributed by atoms with Gasteiger partial charge in [-0.15, -0.1) is 0 Å². The van der Waals surface area contributed by atoms with E-state index in [2.05, 4.69) is 15.6 Å². The van der Waals surface area contributed by atoms with Crippen LogP contribution in [0, 0.1) is 0 Å². The van der Waals surface area contributed by atoms with Crippen LogP contribution in [0.2, 0.25) is 0 Å². The highest BCUT2D eigenvalue weighted by Crippen LogP contribution is 2.10. The molecule has 1 aromatic heterocycles. The van der Waals surface area contributed by atoms with Crippen LogP contribution in [-0.4, -0.2) is 17.9 Å². The summed E-state index contributed by atoms with van der Waals surface area (Å²) in [6, 6.07) is 3.50. The van der Waals surface area contributed by atoms with E-state index in [9.17, 15) is 4.79 Å². The van der Waals surface area contributed by atoms with Crippen LogP contribution in [0.5, 0.6) is 0 Å². The minimum absolute atomic E-state index is 0.0803. The number of aromatic nitrogens is 1. The van der Waals surface area contributed by atoms with E-state index in [0.717, 1.165) is 11.5 Å². The summed E-state index contributed by atoms with van der Waals surface area (Å²) in [6.07, 6.45) is 1.64. The number of carbonyl (C=O) groups excluding carboxylic acids is 1. The van der Waals surface area contributed by atoms with Crippen molar-refractivity contribution in [1.82, 2.24) is 4.98 Å². The number of anilines is 2. The van der Waals surface area contributed by atoms with E-state index in [1.165, 1.54) is 6.92 Å². The third-order valence-electron chi connectivity index (χ3n) is 1.34. The zero-order chi connectivity index (χ0) is 8.97. The molecule has 0 radical (unpaired) electrons. The molecule has 0 aliphatic carbocycles. The first kappa shape index (κ1) is 8.52. The third-order valence-corrected chi connectivity index (χ3v) is 1.34. The molecule has 4 heteroatoms. The molecule has 64 valence electrons. The molecule has 0 saturated heterocycles. The average Bonchev–Trinajstić information content (AvgIpc) is 2.03. The monoisotopic (exact) mass is 165 g/mol. The van der Waals surface area contributed by atoms with Gasteiger partial charge in [-0.2, -0.15) is 0 Å². The summed E-state index contributed by atoms with van der Waals surface area (Å²) in [5, 5.41) is 5.54. The Kier molecular flexibility index (Phi) is 2.63. The minimum Gasteiger partial charge on any atom is -0.373 e. The number of nitrogens with zero attached hydrogens (tertiary/aromatic N) is 1. The second kappa shape index (κ2) is 3.71. The van der Waals surface area contributed by atoms with Crippen molar-refractivity contribution in [3.05, 3.63) is 18.3 Å². The molecular formula is C8H11N3O. The van der Waals surface area contributed by atoms with Crippen LogP contribution >= 0.6 is 0 Å². The van der Waals surface area contributed by atoms with Crippen LogP contribution < -0.4 is 10.6 Å². The number of rotatable bonds is 2. The molecule has 0 aliphatic rings. The van der Waals surface area contributed by atoms with Crippen molar-refractivity contribution in [2.24, 2.45) is 0 Å². The number of hydrogen-bond acceptors (Lipinski definition) is 3. The molecule has 0 unspecified atom stereocenters.